The van der Waals surface area contributed by atoms with Gasteiger partial charge in [-0.15, -0.1) is 6.42 Å². The third-order valence-corrected chi connectivity index (χ3v) is 4.00. The van der Waals surface area contributed by atoms with E-state index in [1.54, 1.807) is 4.98 Å². The molecule has 1 aliphatic rings. The van der Waals surface area contributed by atoms with E-state index >= 15 is 0 Å². The second kappa shape index (κ2) is 5.85. The van der Waals surface area contributed by atoms with Gasteiger partial charge >= 0.3 is 5.69 Å². The Bertz CT molecular complexity index is 724. The zero-order chi connectivity index (χ0) is 16.7. The molecule has 1 fully saturated rings. The zero-order valence-electron chi connectivity index (χ0n) is 11.7. The lowest BCUT2D eigenvalue weighted by Gasteiger charge is -2.27. The number of aliphatic hydroxyl groups excluding tert-OH is 1. The number of hydrogen-bond donors (Lipinski definition) is 2. The maximum absolute atomic E-state index is 13.5. The Hall–Kier alpha value is -1.66. The third kappa shape index (κ3) is 2.46. The van der Waals surface area contributed by atoms with Crippen molar-refractivity contribution in [3.8, 4) is 12.3 Å². The average molecular weight is 333 g/mol. The summed E-state index contributed by atoms with van der Waals surface area (Å²) in [6.07, 6.45) is 1.86. The monoisotopic (exact) mass is 332 g/mol. The van der Waals surface area contributed by atoms with Crippen LogP contribution in [-0.4, -0.2) is 45.0 Å². The summed E-state index contributed by atoms with van der Waals surface area (Å²) >= 11 is 6.35. The molecule has 0 aliphatic carbocycles. The van der Waals surface area contributed by atoms with Crippen molar-refractivity contribution in [3.05, 3.63) is 32.9 Å². The maximum atomic E-state index is 13.5. The first-order chi connectivity index (χ1) is 10.3. The molecule has 0 aromatic carbocycles. The molecule has 9 heteroatoms. The number of alkyl halides is 1. The van der Waals surface area contributed by atoms with E-state index in [2.05, 4.69) is 5.92 Å². The van der Waals surface area contributed by atoms with Crippen LogP contribution in [0.1, 0.15) is 13.2 Å². The number of rotatable bonds is 3. The molecule has 22 heavy (non-hydrogen) atoms. The lowest BCUT2D eigenvalue weighted by molar-refractivity contribution is -0.0839. The predicted octanol–water partition coefficient (Wildman–Crippen LogP) is -0.420. The Morgan fingerprint density at radius 1 is 1.68 bits per heavy atom. The first-order valence-corrected chi connectivity index (χ1v) is 6.68. The standard InChI is InChI=1S/C13H14ClFN2O5/c1-4-13(14)9(21-3)8(6(2)18)22-11(13)17-5-7(15)10(19)16-12(17)20/h1,5-6,8-9,11,18H,2-3H3,(H,16,19,20)/t6-,8+,9-,11+,13?/m0/s1. The van der Waals surface area contributed by atoms with Gasteiger partial charge in [0.05, 0.1) is 12.3 Å². The second-order valence-electron chi connectivity index (χ2n) is 4.91. The van der Waals surface area contributed by atoms with Gasteiger partial charge in [-0.25, -0.2) is 4.79 Å². The van der Waals surface area contributed by atoms with Crippen molar-refractivity contribution in [2.45, 2.75) is 36.3 Å². The molecule has 1 aromatic rings. The summed E-state index contributed by atoms with van der Waals surface area (Å²) in [7, 11) is 1.32. The van der Waals surface area contributed by atoms with E-state index in [0.29, 0.717) is 6.20 Å². The third-order valence-electron chi connectivity index (χ3n) is 3.49. The summed E-state index contributed by atoms with van der Waals surface area (Å²) in [4.78, 5) is 23.1. The number of nitrogens with zero attached hydrogens (tertiary/aromatic N) is 1. The molecule has 2 N–H and O–H groups in total. The number of H-pyrrole nitrogens is 1. The summed E-state index contributed by atoms with van der Waals surface area (Å²) in [5.74, 6) is 1.07. The van der Waals surface area contributed by atoms with Crippen LogP contribution in [0.2, 0.25) is 0 Å². The van der Waals surface area contributed by atoms with Crippen molar-refractivity contribution in [3.63, 3.8) is 0 Å². The Morgan fingerprint density at radius 2 is 2.32 bits per heavy atom. The van der Waals surface area contributed by atoms with Gasteiger partial charge in [-0.05, 0) is 6.92 Å². The highest BCUT2D eigenvalue weighted by atomic mass is 35.5. The topological polar surface area (TPSA) is 93.5 Å². The Morgan fingerprint density at radius 3 is 2.82 bits per heavy atom. The summed E-state index contributed by atoms with van der Waals surface area (Å²) in [6, 6.07) is 0. The SMILES string of the molecule is C#CC1(Cl)[C@@H](OC)[C@@H]([C@H](C)O)O[C@H]1n1cc(F)c(=O)[nH]c1=O. The molecule has 1 aliphatic heterocycles. The molecular weight excluding hydrogens is 319 g/mol. The number of methoxy groups -OCH3 is 1. The first-order valence-electron chi connectivity index (χ1n) is 6.30. The highest BCUT2D eigenvalue weighted by molar-refractivity contribution is 6.27. The number of hydrogen-bond acceptors (Lipinski definition) is 5. The lowest BCUT2D eigenvalue weighted by atomic mass is 9.97. The Labute approximate surface area is 129 Å². The fraction of sp³-hybridized carbons (Fsp3) is 0.538. The second-order valence-corrected chi connectivity index (χ2v) is 5.53. The van der Waals surface area contributed by atoms with Crippen LogP contribution in [0.5, 0.6) is 0 Å². The minimum absolute atomic E-state index is 0.650. The summed E-state index contributed by atoms with van der Waals surface area (Å²) in [5.41, 5.74) is -2.12. The summed E-state index contributed by atoms with van der Waals surface area (Å²) in [5, 5.41) is 9.76. The van der Waals surface area contributed by atoms with Gasteiger partial charge in [0.2, 0.25) is 5.82 Å². The van der Waals surface area contributed by atoms with Crippen LogP contribution in [0.15, 0.2) is 15.8 Å². The molecule has 0 amide bonds. The van der Waals surface area contributed by atoms with Gasteiger partial charge in [0, 0.05) is 7.11 Å². The molecule has 1 saturated heterocycles. The number of terminal acetylenes is 1. The fourth-order valence-electron chi connectivity index (χ4n) is 2.43. The van der Waals surface area contributed by atoms with Crippen molar-refractivity contribution < 1.29 is 19.0 Å². The quantitative estimate of drug-likeness (QED) is 0.579. The average Bonchev–Trinajstić information content (AvgIpc) is 2.76. The number of aromatic nitrogens is 2. The van der Waals surface area contributed by atoms with E-state index in [-0.39, 0.29) is 0 Å². The zero-order valence-corrected chi connectivity index (χ0v) is 12.5. The number of halogens is 2. The highest BCUT2D eigenvalue weighted by Gasteiger charge is 2.58. The van der Waals surface area contributed by atoms with Gasteiger partial charge in [-0.3, -0.25) is 14.3 Å². The molecule has 2 heterocycles. The molecule has 120 valence electrons. The Balaban J connectivity index is 2.60. The van der Waals surface area contributed by atoms with Crippen molar-refractivity contribution in [1.82, 2.24) is 9.55 Å². The maximum Gasteiger partial charge on any atom is 0.330 e. The minimum Gasteiger partial charge on any atom is -0.391 e. The molecular formula is C13H14ClFN2O5. The van der Waals surface area contributed by atoms with Crippen molar-refractivity contribution in [2.24, 2.45) is 0 Å². The van der Waals surface area contributed by atoms with Crippen LogP contribution in [0, 0.1) is 18.2 Å². The molecule has 0 bridgehead atoms. The molecule has 5 atom stereocenters. The normalized spacial score (nSPS) is 32.6. The predicted molar refractivity (Wildman–Crippen MR) is 75.1 cm³/mol. The smallest absolute Gasteiger partial charge is 0.330 e. The van der Waals surface area contributed by atoms with E-state index in [0.717, 1.165) is 4.57 Å². The largest absolute Gasteiger partial charge is 0.391 e. The van der Waals surface area contributed by atoms with E-state index in [1.165, 1.54) is 14.0 Å². The van der Waals surface area contributed by atoms with E-state index < -0.39 is 46.5 Å². The minimum atomic E-state index is -1.68. The van der Waals surface area contributed by atoms with Crippen LogP contribution >= 0.6 is 11.6 Å². The van der Waals surface area contributed by atoms with Gasteiger partial charge in [0.1, 0.15) is 12.2 Å². The van der Waals surface area contributed by atoms with Crippen molar-refractivity contribution >= 4 is 11.6 Å². The summed E-state index contributed by atoms with van der Waals surface area (Å²) < 4.78 is 24.9. The molecule has 0 spiro atoms. The molecule has 7 nitrogen and oxygen atoms in total. The van der Waals surface area contributed by atoms with Gasteiger partial charge < -0.3 is 14.6 Å². The fourth-order valence-corrected chi connectivity index (χ4v) is 2.80. The number of nitrogens with one attached hydrogen (secondary N) is 1. The van der Waals surface area contributed by atoms with Crippen LogP contribution in [0.4, 0.5) is 4.39 Å². The van der Waals surface area contributed by atoms with Gasteiger partial charge in [-0.1, -0.05) is 17.5 Å². The highest BCUT2D eigenvalue weighted by Crippen LogP contribution is 2.44. The van der Waals surface area contributed by atoms with Crippen LogP contribution in [-0.2, 0) is 9.47 Å². The molecule has 1 unspecified atom stereocenters. The van der Waals surface area contributed by atoms with E-state index in [4.69, 9.17) is 27.5 Å². The first kappa shape index (κ1) is 16.7. The number of aromatic amines is 1. The number of aliphatic hydroxyl groups is 1. The van der Waals surface area contributed by atoms with E-state index in [9.17, 15) is 19.1 Å². The van der Waals surface area contributed by atoms with Crippen molar-refractivity contribution in [2.75, 3.05) is 7.11 Å². The van der Waals surface area contributed by atoms with Crippen LogP contribution < -0.4 is 11.2 Å². The summed E-state index contributed by atoms with van der Waals surface area (Å²) in [6.45, 7) is 1.43. The van der Waals surface area contributed by atoms with Crippen LogP contribution in [0.25, 0.3) is 0 Å². The molecule has 1 aromatic heterocycles. The molecule has 0 saturated carbocycles. The molecule has 0 radical (unpaired) electrons. The van der Waals surface area contributed by atoms with Crippen molar-refractivity contribution in [1.29, 1.82) is 0 Å². The number of ether oxygens (including phenoxy) is 2. The van der Waals surface area contributed by atoms with Gasteiger partial charge in [0.25, 0.3) is 5.56 Å². The van der Waals surface area contributed by atoms with Gasteiger partial charge in [-0.2, -0.15) is 4.39 Å². The molecule has 2 rings (SSSR count). The van der Waals surface area contributed by atoms with Gasteiger partial charge in [0.15, 0.2) is 11.1 Å². The lowest BCUT2D eigenvalue weighted by Crippen LogP contribution is -2.46. The Kier molecular flexibility index (Phi) is 4.44. The van der Waals surface area contributed by atoms with Crippen LogP contribution in [0.3, 0.4) is 0 Å². The van der Waals surface area contributed by atoms with E-state index in [1.807, 2.05) is 0 Å².